The highest BCUT2D eigenvalue weighted by atomic mass is 16.2. The molecule has 1 saturated carbocycles. The highest BCUT2D eigenvalue weighted by Gasteiger charge is 2.48. The summed E-state index contributed by atoms with van der Waals surface area (Å²) < 4.78 is 0. The number of H-pyrrole nitrogens is 1. The number of hydrogen-bond donors (Lipinski definition) is 2. The summed E-state index contributed by atoms with van der Waals surface area (Å²) in [6, 6.07) is 2.16. The van der Waals surface area contributed by atoms with Gasteiger partial charge in [0.05, 0.1) is 6.07 Å². The van der Waals surface area contributed by atoms with Crippen LogP contribution in [0.4, 0.5) is 0 Å². The van der Waals surface area contributed by atoms with E-state index < -0.39 is 5.41 Å². The summed E-state index contributed by atoms with van der Waals surface area (Å²) in [6.45, 7) is 2.63. The Labute approximate surface area is 106 Å². The maximum absolute atomic E-state index is 11.9. The molecule has 18 heavy (non-hydrogen) atoms. The molecule has 2 N–H and O–H groups in total. The van der Waals surface area contributed by atoms with Crippen molar-refractivity contribution in [1.82, 2.24) is 20.5 Å². The SMILES string of the molecule is CC1CC(C#N)(C(=O)NCCCc2ncn[nH]2)C1. The summed E-state index contributed by atoms with van der Waals surface area (Å²) in [5, 5.41) is 18.5. The summed E-state index contributed by atoms with van der Waals surface area (Å²) in [5.74, 6) is 1.17. The first-order valence-corrected chi connectivity index (χ1v) is 6.20. The molecular weight excluding hydrogens is 230 g/mol. The fraction of sp³-hybridized carbons (Fsp3) is 0.667. The zero-order valence-corrected chi connectivity index (χ0v) is 10.4. The van der Waals surface area contributed by atoms with Crippen molar-refractivity contribution in [3.63, 3.8) is 0 Å². The zero-order chi connectivity index (χ0) is 13.0. The van der Waals surface area contributed by atoms with E-state index in [-0.39, 0.29) is 5.91 Å². The van der Waals surface area contributed by atoms with Gasteiger partial charge in [-0.1, -0.05) is 6.92 Å². The van der Waals surface area contributed by atoms with Crippen LogP contribution in [-0.2, 0) is 11.2 Å². The van der Waals surface area contributed by atoms with Crippen LogP contribution in [0.5, 0.6) is 0 Å². The molecule has 0 unspecified atom stereocenters. The molecule has 0 aromatic carbocycles. The predicted molar refractivity (Wildman–Crippen MR) is 64.2 cm³/mol. The molecule has 1 aromatic heterocycles. The molecular formula is C12H17N5O. The fourth-order valence-electron chi connectivity index (χ4n) is 2.44. The Balaban J connectivity index is 1.71. The van der Waals surface area contributed by atoms with Crippen molar-refractivity contribution < 1.29 is 4.79 Å². The molecule has 96 valence electrons. The van der Waals surface area contributed by atoms with Gasteiger partial charge in [0.15, 0.2) is 0 Å². The van der Waals surface area contributed by atoms with Gasteiger partial charge in [-0.05, 0) is 25.2 Å². The molecule has 0 radical (unpaired) electrons. The van der Waals surface area contributed by atoms with Gasteiger partial charge in [0.25, 0.3) is 0 Å². The molecule has 1 fully saturated rings. The van der Waals surface area contributed by atoms with Gasteiger partial charge in [0.2, 0.25) is 5.91 Å². The van der Waals surface area contributed by atoms with E-state index in [4.69, 9.17) is 5.26 Å². The summed E-state index contributed by atoms with van der Waals surface area (Å²) >= 11 is 0. The third-order valence-electron chi connectivity index (χ3n) is 3.38. The van der Waals surface area contributed by atoms with Crippen LogP contribution in [-0.4, -0.2) is 27.6 Å². The molecule has 0 atom stereocenters. The Morgan fingerprint density at radius 1 is 1.72 bits per heavy atom. The zero-order valence-electron chi connectivity index (χ0n) is 10.4. The monoisotopic (exact) mass is 247 g/mol. The van der Waals surface area contributed by atoms with Crippen LogP contribution < -0.4 is 5.32 Å². The summed E-state index contributed by atoms with van der Waals surface area (Å²) in [7, 11) is 0. The number of aryl methyl sites for hydroxylation is 1. The minimum absolute atomic E-state index is 0.124. The second-order valence-corrected chi connectivity index (χ2v) is 5.00. The number of hydrogen-bond acceptors (Lipinski definition) is 4. The number of amides is 1. The van der Waals surface area contributed by atoms with Crippen molar-refractivity contribution in [3.8, 4) is 6.07 Å². The highest BCUT2D eigenvalue weighted by molar-refractivity contribution is 5.86. The normalized spacial score (nSPS) is 26.1. The molecule has 1 heterocycles. The molecule has 1 amide bonds. The van der Waals surface area contributed by atoms with Crippen LogP contribution in [0.1, 0.15) is 32.0 Å². The van der Waals surface area contributed by atoms with Crippen molar-refractivity contribution in [2.24, 2.45) is 11.3 Å². The van der Waals surface area contributed by atoms with Gasteiger partial charge in [0, 0.05) is 13.0 Å². The third kappa shape index (κ3) is 2.50. The van der Waals surface area contributed by atoms with Crippen molar-refractivity contribution in [2.45, 2.75) is 32.6 Å². The molecule has 0 bridgehead atoms. The maximum Gasteiger partial charge on any atom is 0.240 e. The van der Waals surface area contributed by atoms with Crippen LogP contribution in [0, 0.1) is 22.7 Å². The number of aromatic nitrogens is 3. The number of nitriles is 1. The van der Waals surface area contributed by atoms with Gasteiger partial charge >= 0.3 is 0 Å². The van der Waals surface area contributed by atoms with Crippen LogP contribution in [0.15, 0.2) is 6.33 Å². The van der Waals surface area contributed by atoms with Crippen LogP contribution in [0.2, 0.25) is 0 Å². The first-order valence-electron chi connectivity index (χ1n) is 6.20. The molecule has 1 aromatic rings. The van der Waals surface area contributed by atoms with Crippen LogP contribution >= 0.6 is 0 Å². The average molecular weight is 247 g/mol. The lowest BCUT2D eigenvalue weighted by atomic mass is 9.63. The quantitative estimate of drug-likeness (QED) is 0.752. The van der Waals surface area contributed by atoms with Gasteiger partial charge in [-0.2, -0.15) is 10.4 Å². The number of aromatic amines is 1. The van der Waals surface area contributed by atoms with Crippen molar-refractivity contribution in [2.75, 3.05) is 6.54 Å². The molecule has 1 aliphatic carbocycles. The van der Waals surface area contributed by atoms with Gasteiger partial charge in [0.1, 0.15) is 17.6 Å². The predicted octanol–water partition coefficient (Wildman–Crippen LogP) is 0.793. The van der Waals surface area contributed by atoms with Crippen molar-refractivity contribution in [3.05, 3.63) is 12.2 Å². The van der Waals surface area contributed by atoms with E-state index in [9.17, 15) is 4.79 Å². The lowest BCUT2D eigenvalue weighted by Gasteiger charge is -2.39. The Hall–Kier alpha value is -1.90. The van der Waals surface area contributed by atoms with E-state index in [1.807, 2.05) is 0 Å². The lowest BCUT2D eigenvalue weighted by Crippen LogP contribution is -2.48. The topological polar surface area (TPSA) is 94.5 Å². The Morgan fingerprint density at radius 3 is 3.06 bits per heavy atom. The van der Waals surface area contributed by atoms with E-state index in [0.717, 1.165) is 18.7 Å². The minimum atomic E-state index is -0.772. The molecule has 0 spiro atoms. The Morgan fingerprint density at radius 2 is 2.50 bits per heavy atom. The number of carbonyl (C=O) groups is 1. The number of nitrogens with zero attached hydrogens (tertiary/aromatic N) is 3. The Bertz CT molecular complexity index is 442. The lowest BCUT2D eigenvalue weighted by molar-refractivity contribution is -0.133. The van der Waals surface area contributed by atoms with Crippen LogP contribution in [0.25, 0.3) is 0 Å². The number of rotatable bonds is 5. The molecule has 6 heteroatoms. The van der Waals surface area contributed by atoms with E-state index >= 15 is 0 Å². The van der Waals surface area contributed by atoms with E-state index in [2.05, 4.69) is 33.5 Å². The maximum atomic E-state index is 11.9. The summed E-state index contributed by atoms with van der Waals surface area (Å²) in [4.78, 5) is 15.9. The molecule has 6 nitrogen and oxygen atoms in total. The highest BCUT2D eigenvalue weighted by Crippen LogP contribution is 2.44. The standard InChI is InChI=1S/C12H17N5O/c1-9-5-12(6-9,7-13)11(18)14-4-2-3-10-15-8-16-17-10/h8-9H,2-6H2,1H3,(H,14,18)(H,15,16,17). The molecule has 0 aliphatic heterocycles. The first-order chi connectivity index (χ1) is 8.66. The smallest absolute Gasteiger partial charge is 0.240 e. The van der Waals surface area contributed by atoms with Crippen molar-refractivity contribution >= 4 is 5.91 Å². The second-order valence-electron chi connectivity index (χ2n) is 5.00. The molecule has 0 saturated heterocycles. The third-order valence-corrected chi connectivity index (χ3v) is 3.38. The van der Waals surface area contributed by atoms with Gasteiger partial charge < -0.3 is 5.32 Å². The van der Waals surface area contributed by atoms with Gasteiger partial charge in [-0.3, -0.25) is 9.89 Å². The van der Waals surface area contributed by atoms with E-state index in [1.165, 1.54) is 6.33 Å². The second kappa shape index (κ2) is 5.17. The van der Waals surface area contributed by atoms with E-state index in [0.29, 0.717) is 25.3 Å². The molecule has 2 rings (SSSR count). The largest absolute Gasteiger partial charge is 0.355 e. The first kappa shape index (κ1) is 12.6. The van der Waals surface area contributed by atoms with Crippen molar-refractivity contribution in [1.29, 1.82) is 5.26 Å². The molecule has 1 aliphatic rings. The van der Waals surface area contributed by atoms with Crippen LogP contribution in [0.3, 0.4) is 0 Å². The number of nitrogens with one attached hydrogen (secondary N) is 2. The fourth-order valence-corrected chi connectivity index (χ4v) is 2.44. The van der Waals surface area contributed by atoms with E-state index in [1.54, 1.807) is 0 Å². The number of carbonyl (C=O) groups excluding carboxylic acids is 1. The van der Waals surface area contributed by atoms with Gasteiger partial charge in [-0.15, -0.1) is 0 Å². The Kier molecular flexibility index (Phi) is 3.60. The summed E-state index contributed by atoms with van der Waals surface area (Å²) in [6.07, 6.45) is 4.36. The summed E-state index contributed by atoms with van der Waals surface area (Å²) in [5.41, 5.74) is -0.772. The minimum Gasteiger partial charge on any atom is -0.355 e. The van der Waals surface area contributed by atoms with Gasteiger partial charge in [-0.25, -0.2) is 4.98 Å². The average Bonchev–Trinajstić information content (AvgIpc) is 2.83.